The van der Waals surface area contributed by atoms with E-state index in [2.05, 4.69) is 15.3 Å². The van der Waals surface area contributed by atoms with Gasteiger partial charge in [-0.15, -0.1) is 0 Å². The molecule has 1 aromatic heterocycles. The number of alkyl halides is 3. The average Bonchev–Trinajstić information content (AvgIpc) is 3.38. The summed E-state index contributed by atoms with van der Waals surface area (Å²) >= 11 is 0. The van der Waals surface area contributed by atoms with E-state index < -0.39 is 11.7 Å². The van der Waals surface area contributed by atoms with E-state index in [1.54, 1.807) is 16.9 Å². The SMILES string of the molecule is Cn1cc(CN2C[C@H](C(=O)NCc3ccccc3)C[C@H]2c2cccc(C(F)(F)F)c2)cn1. The first-order valence-corrected chi connectivity index (χ1v) is 10.5. The van der Waals surface area contributed by atoms with Crippen LogP contribution in [0.4, 0.5) is 13.2 Å². The molecular weight excluding hydrogens is 417 g/mol. The highest BCUT2D eigenvalue weighted by atomic mass is 19.4. The Morgan fingerprint density at radius 1 is 1.12 bits per heavy atom. The zero-order chi connectivity index (χ0) is 22.7. The summed E-state index contributed by atoms with van der Waals surface area (Å²) in [5.74, 6) is -0.394. The average molecular weight is 442 g/mol. The molecule has 1 amide bonds. The molecule has 0 aliphatic carbocycles. The topological polar surface area (TPSA) is 50.2 Å². The van der Waals surface area contributed by atoms with E-state index in [-0.39, 0.29) is 17.9 Å². The number of rotatable bonds is 6. The van der Waals surface area contributed by atoms with Crippen LogP contribution in [0.1, 0.15) is 34.7 Å². The fraction of sp³-hybridized carbons (Fsp3) is 0.333. The number of carbonyl (C=O) groups is 1. The molecule has 0 bridgehead atoms. The molecule has 1 fully saturated rings. The lowest BCUT2D eigenvalue weighted by molar-refractivity contribution is -0.137. The van der Waals surface area contributed by atoms with Gasteiger partial charge in [-0.2, -0.15) is 18.3 Å². The number of nitrogens with one attached hydrogen (secondary N) is 1. The fourth-order valence-corrected chi connectivity index (χ4v) is 4.25. The second kappa shape index (κ2) is 9.16. The number of nitrogens with zero attached hydrogens (tertiary/aromatic N) is 3. The van der Waals surface area contributed by atoms with Gasteiger partial charge in [-0.3, -0.25) is 14.4 Å². The zero-order valence-corrected chi connectivity index (χ0v) is 17.7. The zero-order valence-electron chi connectivity index (χ0n) is 17.7. The molecule has 8 heteroatoms. The quantitative estimate of drug-likeness (QED) is 0.619. The molecule has 2 aromatic carbocycles. The number of likely N-dealkylation sites (tertiary alicyclic amines) is 1. The Hall–Kier alpha value is -3.13. The summed E-state index contributed by atoms with van der Waals surface area (Å²) < 4.78 is 41.5. The Balaban J connectivity index is 1.53. The predicted octanol–water partition coefficient (Wildman–Crippen LogP) is 4.32. The van der Waals surface area contributed by atoms with E-state index >= 15 is 0 Å². The number of hydrogen-bond acceptors (Lipinski definition) is 3. The van der Waals surface area contributed by atoms with Crippen LogP contribution < -0.4 is 5.32 Å². The molecule has 4 rings (SSSR count). The number of amides is 1. The second-order valence-electron chi connectivity index (χ2n) is 8.23. The number of aryl methyl sites for hydroxylation is 1. The number of aromatic nitrogens is 2. The lowest BCUT2D eigenvalue weighted by Crippen LogP contribution is -2.32. The third-order valence-corrected chi connectivity index (χ3v) is 5.83. The minimum atomic E-state index is -4.41. The highest BCUT2D eigenvalue weighted by molar-refractivity contribution is 5.79. The lowest BCUT2D eigenvalue weighted by Gasteiger charge is -2.24. The first-order valence-electron chi connectivity index (χ1n) is 10.5. The van der Waals surface area contributed by atoms with Crippen molar-refractivity contribution >= 4 is 5.91 Å². The maximum atomic E-state index is 13.3. The summed E-state index contributed by atoms with van der Waals surface area (Å²) in [6.07, 6.45) is -0.324. The van der Waals surface area contributed by atoms with Crippen molar-refractivity contribution in [3.8, 4) is 0 Å². The summed E-state index contributed by atoms with van der Waals surface area (Å²) in [6, 6.07) is 14.8. The van der Waals surface area contributed by atoms with Gasteiger partial charge in [-0.05, 0) is 29.7 Å². The van der Waals surface area contributed by atoms with Gasteiger partial charge in [-0.1, -0.05) is 42.5 Å². The molecule has 1 aliphatic rings. The van der Waals surface area contributed by atoms with Crippen LogP contribution in [-0.4, -0.2) is 27.1 Å². The van der Waals surface area contributed by atoms with Crippen molar-refractivity contribution in [3.05, 3.63) is 89.2 Å². The third kappa shape index (κ3) is 5.19. The van der Waals surface area contributed by atoms with E-state index in [9.17, 15) is 18.0 Å². The van der Waals surface area contributed by atoms with Gasteiger partial charge in [0, 0.05) is 44.5 Å². The standard InChI is InChI=1S/C24H25F3N4O/c1-30-14-18(13-29-30)15-31-16-20(23(32)28-12-17-6-3-2-4-7-17)11-22(31)19-8-5-9-21(10-19)24(25,26)27/h2-10,13-14,20,22H,11-12,15-16H2,1H3,(H,28,32)/t20-,22+/m1/s1. The van der Waals surface area contributed by atoms with Crippen molar-refractivity contribution < 1.29 is 18.0 Å². The summed E-state index contributed by atoms with van der Waals surface area (Å²) in [5.41, 5.74) is 1.85. The van der Waals surface area contributed by atoms with Gasteiger partial charge < -0.3 is 5.32 Å². The predicted molar refractivity (Wildman–Crippen MR) is 114 cm³/mol. The molecule has 2 heterocycles. The molecule has 32 heavy (non-hydrogen) atoms. The molecule has 0 radical (unpaired) electrons. The summed E-state index contributed by atoms with van der Waals surface area (Å²) in [7, 11) is 1.82. The van der Waals surface area contributed by atoms with Gasteiger partial charge in [0.2, 0.25) is 5.91 Å². The fourth-order valence-electron chi connectivity index (χ4n) is 4.25. The molecule has 0 saturated carbocycles. The second-order valence-corrected chi connectivity index (χ2v) is 8.23. The Kier molecular flexibility index (Phi) is 6.32. The van der Waals surface area contributed by atoms with Crippen molar-refractivity contribution in [2.75, 3.05) is 6.54 Å². The van der Waals surface area contributed by atoms with Crippen molar-refractivity contribution in [2.45, 2.75) is 31.7 Å². The Morgan fingerprint density at radius 2 is 1.91 bits per heavy atom. The highest BCUT2D eigenvalue weighted by Gasteiger charge is 2.38. The van der Waals surface area contributed by atoms with Gasteiger partial charge in [-0.25, -0.2) is 0 Å². The number of carbonyl (C=O) groups excluding carboxylic acids is 1. The van der Waals surface area contributed by atoms with Gasteiger partial charge in [0.15, 0.2) is 0 Å². The Bertz CT molecular complexity index is 1060. The normalized spacial score (nSPS) is 19.2. The third-order valence-electron chi connectivity index (χ3n) is 5.83. The van der Waals surface area contributed by atoms with E-state index in [0.717, 1.165) is 17.2 Å². The number of halogens is 3. The van der Waals surface area contributed by atoms with E-state index in [1.165, 1.54) is 12.1 Å². The van der Waals surface area contributed by atoms with Crippen LogP contribution in [0.15, 0.2) is 67.0 Å². The Morgan fingerprint density at radius 3 is 2.59 bits per heavy atom. The molecule has 2 atom stereocenters. The maximum absolute atomic E-state index is 13.3. The van der Waals surface area contributed by atoms with Gasteiger partial charge >= 0.3 is 6.18 Å². The number of benzene rings is 2. The summed E-state index contributed by atoms with van der Waals surface area (Å²) in [4.78, 5) is 15.0. The van der Waals surface area contributed by atoms with Crippen LogP contribution in [0.5, 0.6) is 0 Å². The van der Waals surface area contributed by atoms with Crippen molar-refractivity contribution in [2.24, 2.45) is 13.0 Å². The first kappa shape index (κ1) is 22.1. The largest absolute Gasteiger partial charge is 0.416 e. The molecule has 1 aliphatic heterocycles. The van der Waals surface area contributed by atoms with Gasteiger partial charge in [0.1, 0.15) is 0 Å². The molecule has 168 valence electrons. The van der Waals surface area contributed by atoms with Gasteiger partial charge in [0.05, 0.1) is 17.7 Å². The Labute approximate surface area is 184 Å². The van der Waals surface area contributed by atoms with Crippen LogP contribution in [0.2, 0.25) is 0 Å². The molecule has 1 N–H and O–H groups in total. The van der Waals surface area contributed by atoms with Crippen LogP contribution in [0.3, 0.4) is 0 Å². The molecule has 3 aromatic rings. The van der Waals surface area contributed by atoms with Crippen LogP contribution in [-0.2, 0) is 31.1 Å². The van der Waals surface area contributed by atoms with Crippen molar-refractivity contribution in [3.63, 3.8) is 0 Å². The van der Waals surface area contributed by atoms with Crippen molar-refractivity contribution in [1.82, 2.24) is 20.0 Å². The van der Waals surface area contributed by atoms with Crippen LogP contribution in [0, 0.1) is 5.92 Å². The summed E-state index contributed by atoms with van der Waals surface area (Å²) in [5, 5.41) is 7.16. The first-order chi connectivity index (χ1) is 15.3. The molecule has 5 nitrogen and oxygen atoms in total. The molecule has 1 saturated heterocycles. The van der Waals surface area contributed by atoms with E-state index in [1.807, 2.05) is 43.6 Å². The smallest absolute Gasteiger partial charge is 0.352 e. The molecular formula is C24H25F3N4O. The summed E-state index contributed by atoms with van der Waals surface area (Å²) in [6.45, 7) is 1.40. The van der Waals surface area contributed by atoms with Crippen LogP contribution in [0.25, 0.3) is 0 Å². The van der Waals surface area contributed by atoms with Crippen LogP contribution >= 0.6 is 0 Å². The van der Waals surface area contributed by atoms with Crippen molar-refractivity contribution in [1.29, 1.82) is 0 Å². The molecule has 0 unspecified atom stereocenters. The van der Waals surface area contributed by atoms with E-state index in [4.69, 9.17) is 0 Å². The minimum Gasteiger partial charge on any atom is -0.352 e. The minimum absolute atomic E-state index is 0.0838. The van der Waals surface area contributed by atoms with E-state index in [0.29, 0.717) is 31.6 Å². The number of hydrogen-bond donors (Lipinski definition) is 1. The maximum Gasteiger partial charge on any atom is 0.416 e. The van der Waals surface area contributed by atoms with Gasteiger partial charge in [0.25, 0.3) is 0 Å². The monoisotopic (exact) mass is 442 g/mol. The molecule has 0 spiro atoms. The lowest BCUT2D eigenvalue weighted by atomic mass is 9.97. The highest BCUT2D eigenvalue weighted by Crippen LogP contribution is 2.39.